The topological polar surface area (TPSA) is 60.7 Å². The van der Waals surface area contributed by atoms with Gasteiger partial charge in [-0.3, -0.25) is 4.79 Å². The van der Waals surface area contributed by atoms with E-state index in [4.69, 9.17) is 13.9 Å². The quantitative estimate of drug-likeness (QED) is 0.699. The van der Waals surface area contributed by atoms with Gasteiger partial charge in [-0.15, -0.1) is 0 Å². The van der Waals surface area contributed by atoms with Crippen molar-refractivity contribution in [3.05, 3.63) is 29.5 Å². The number of benzene rings is 1. The summed E-state index contributed by atoms with van der Waals surface area (Å²) in [5, 5.41) is 3.85. The van der Waals surface area contributed by atoms with E-state index in [1.54, 1.807) is 0 Å². The number of amides is 1. The van der Waals surface area contributed by atoms with Crippen LogP contribution in [0.1, 0.15) is 61.6 Å². The second-order valence-electron chi connectivity index (χ2n) is 6.89. The molecule has 0 aliphatic heterocycles. The van der Waals surface area contributed by atoms with E-state index in [-0.39, 0.29) is 5.91 Å². The summed E-state index contributed by atoms with van der Waals surface area (Å²) in [5.74, 6) is 0.992. The summed E-state index contributed by atoms with van der Waals surface area (Å²) in [6.07, 6.45) is 7.46. The Morgan fingerprint density at radius 2 is 2.08 bits per heavy atom. The fourth-order valence-corrected chi connectivity index (χ4v) is 3.51. The zero-order valence-corrected chi connectivity index (χ0v) is 15.8. The van der Waals surface area contributed by atoms with Gasteiger partial charge in [-0.05, 0) is 51.3 Å². The smallest absolute Gasteiger partial charge is 0.287 e. The number of hydrogen-bond acceptors (Lipinski definition) is 4. The van der Waals surface area contributed by atoms with Crippen LogP contribution < -0.4 is 10.1 Å². The second kappa shape index (κ2) is 9.08. The molecular formula is C21H29NO4. The van der Waals surface area contributed by atoms with Crippen molar-refractivity contribution in [2.45, 2.75) is 58.5 Å². The van der Waals surface area contributed by atoms with Gasteiger partial charge in [0.15, 0.2) is 5.76 Å². The van der Waals surface area contributed by atoms with Crippen LogP contribution >= 0.6 is 0 Å². The third kappa shape index (κ3) is 4.58. The zero-order valence-electron chi connectivity index (χ0n) is 15.8. The maximum Gasteiger partial charge on any atom is 0.287 e. The lowest BCUT2D eigenvalue weighted by Gasteiger charge is -2.21. The number of carbonyl (C=O) groups is 1. The zero-order chi connectivity index (χ0) is 18.4. The highest BCUT2D eigenvalue weighted by molar-refractivity contribution is 5.99. The Bertz CT molecular complexity index is 731. The molecule has 1 aromatic heterocycles. The summed E-state index contributed by atoms with van der Waals surface area (Å²) in [4.78, 5) is 12.4. The molecule has 1 heterocycles. The van der Waals surface area contributed by atoms with Gasteiger partial charge in [0.1, 0.15) is 11.3 Å². The van der Waals surface area contributed by atoms with Gasteiger partial charge in [0.05, 0.1) is 12.7 Å². The average molecular weight is 359 g/mol. The first-order chi connectivity index (χ1) is 12.7. The number of furan rings is 1. The number of fused-ring (bicyclic) bond motifs is 1. The summed E-state index contributed by atoms with van der Waals surface area (Å²) in [7, 11) is 0. The fraction of sp³-hybridized carbons (Fsp3) is 0.571. The molecule has 5 heteroatoms. The van der Waals surface area contributed by atoms with Gasteiger partial charge in [-0.1, -0.05) is 19.3 Å². The lowest BCUT2D eigenvalue weighted by atomic mass is 9.98. The molecule has 0 radical (unpaired) electrons. The van der Waals surface area contributed by atoms with Crippen molar-refractivity contribution in [1.82, 2.24) is 5.32 Å². The number of hydrogen-bond donors (Lipinski definition) is 1. The van der Waals surface area contributed by atoms with Gasteiger partial charge in [0.2, 0.25) is 0 Å². The average Bonchev–Trinajstić information content (AvgIpc) is 2.99. The highest BCUT2D eigenvalue weighted by Gasteiger charge is 2.18. The molecule has 1 saturated carbocycles. The molecule has 26 heavy (non-hydrogen) atoms. The van der Waals surface area contributed by atoms with Crippen molar-refractivity contribution >= 4 is 16.9 Å². The van der Waals surface area contributed by atoms with Gasteiger partial charge >= 0.3 is 0 Å². The number of ether oxygens (including phenoxy) is 2. The SMILES string of the molecule is CCOc1ccc2oc(C(=O)NCCCOC3CCCCC3)c(C)c2c1. The number of nitrogens with one attached hydrogen (secondary N) is 1. The Balaban J connectivity index is 1.50. The third-order valence-corrected chi connectivity index (χ3v) is 4.94. The van der Waals surface area contributed by atoms with Crippen molar-refractivity contribution in [3.8, 4) is 5.75 Å². The van der Waals surface area contributed by atoms with Crippen molar-refractivity contribution in [3.63, 3.8) is 0 Å². The van der Waals surface area contributed by atoms with Crippen LogP contribution in [0.3, 0.4) is 0 Å². The normalized spacial score (nSPS) is 15.3. The summed E-state index contributed by atoms with van der Waals surface area (Å²) < 4.78 is 17.2. The molecule has 0 saturated heterocycles. The molecule has 1 fully saturated rings. The van der Waals surface area contributed by atoms with Crippen LogP contribution in [0.5, 0.6) is 5.75 Å². The van der Waals surface area contributed by atoms with Crippen LogP contribution in [0.2, 0.25) is 0 Å². The molecule has 0 unspecified atom stereocenters. The molecule has 5 nitrogen and oxygen atoms in total. The van der Waals surface area contributed by atoms with Gasteiger partial charge < -0.3 is 19.2 Å². The first-order valence-corrected chi connectivity index (χ1v) is 9.74. The molecule has 1 aliphatic carbocycles. The molecule has 1 aromatic carbocycles. The highest BCUT2D eigenvalue weighted by Crippen LogP contribution is 2.29. The number of aryl methyl sites for hydroxylation is 1. The highest BCUT2D eigenvalue weighted by atomic mass is 16.5. The van der Waals surface area contributed by atoms with Gasteiger partial charge in [0.25, 0.3) is 5.91 Å². The van der Waals surface area contributed by atoms with Crippen LogP contribution in [0, 0.1) is 6.92 Å². The van der Waals surface area contributed by atoms with Crippen LogP contribution in [-0.4, -0.2) is 31.8 Å². The fourth-order valence-electron chi connectivity index (χ4n) is 3.51. The summed E-state index contributed by atoms with van der Waals surface area (Å²) >= 11 is 0. The predicted molar refractivity (Wildman–Crippen MR) is 102 cm³/mol. The minimum absolute atomic E-state index is 0.172. The van der Waals surface area contributed by atoms with Gasteiger partial charge in [0, 0.05) is 24.1 Å². The summed E-state index contributed by atoms with van der Waals surface area (Å²) in [6, 6.07) is 5.63. The Labute approximate surface area is 155 Å². The van der Waals surface area contributed by atoms with Crippen LogP contribution in [0.25, 0.3) is 11.0 Å². The van der Waals surface area contributed by atoms with Crippen molar-refractivity contribution in [1.29, 1.82) is 0 Å². The molecule has 1 aliphatic rings. The number of carbonyl (C=O) groups excluding carboxylic acids is 1. The van der Waals surface area contributed by atoms with Crippen molar-refractivity contribution < 1.29 is 18.7 Å². The van der Waals surface area contributed by atoms with E-state index in [1.165, 1.54) is 32.1 Å². The van der Waals surface area contributed by atoms with Crippen molar-refractivity contribution in [2.75, 3.05) is 19.8 Å². The summed E-state index contributed by atoms with van der Waals surface area (Å²) in [5.41, 5.74) is 1.55. The first kappa shape index (κ1) is 18.8. The lowest BCUT2D eigenvalue weighted by molar-refractivity contribution is 0.0273. The Hall–Kier alpha value is -2.01. The van der Waals surface area contributed by atoms with E-state index in [0.717, 1.165) is 23.1 Å². The van der Waals surface area contributed by atoms with E-state index in [2.05, 4.69) is 5.32 Å². The molecule has 1 amide bonds. The molecule has 0 bridgehead atoms. The van der Waals surface area contributed by atoms with Gasteiger partial charge in [-0.25, -0.2) is 0 Å². The van der Waals surface area contributed by atoms with Gasteiger partial charge in [-0.2, -0.15) is 0 Å². The Morgan fingerprint density at radius 1 is 1.27 bits per heavy atom. The minimum atomic E-state index is -0.172. The van der Waals surface area contributed by atoms with Crippen molar-refractivity contribution in [2.24, 2.45) is 0 Å². The summed E-state index contributed by atoms with van der Waals surface area (Å²) in [6.45, 7) is 5.75. The largest absolute Gasteiger partial charge is 0.494 e. The maximum atomic E-state index is 12.4. The first-order valence-electron chi connectivity index (χ1n) is 9.74. The van der Waals surface area contributed by atoms with Crippen LogP contribution in [0.15, 0.2) is 22.6 Å². The third-order valence-electron chi connectivity index (χ3n) is 4.94. The molecule has 0 spiro atoms. The molecule has 3 rings (SSSR count). The van der Waals surface area contributed by atoms with E-state index < -0.39 is 0 Å². The van der Waals surface area contributed by atoms with Crippen LogP contribution in [-0.2, 0) is 4.74 Å². The molecule has 0 atom stereocenters. The molecule has 2 aromatic rings. The number of rotatable bonds is 8. The van der Waals surface area contributed by atoms with E-state index in [1.807, 2.05) is 32.0 Å². The van der Waals surface area contributed by atoms with E-state index in [9.17, 15) is 4.79 Å². The maximum absolute atomic E-state index is 12.4. The van der Waals surface area contributed by atoms with E-state index >= 15 is 0 Å². The predicted octanol–water partition coefficient (Wildman–Crippen LogP) is 4.61. The molecular weight excluding hydrogens is 330 g/mol. The second-order valence-corrected chi connectivity index (χ2v) is 6.89. The monoisotopic (exact) mass is 359 g/mol. The van der Waals surface area contributed by atoms with Crippen LogP contribution in [0.4, 0.5) is 0 Å². The van der Waals surface area contributed by atoms with E-state index in [0.29, 0.717) is 37.2 Å². The molecule has 1 N–H and O–H groups in total. The Kier molecular flexibility index (Phi) is 6.56. The molecule has 142 valence electrons. The Morgan fingerprint density at radius 3 is 2.85 bits per heavy atom. The lowest BCUT2D eigenvalue weighted by Crippen LogP contribution is -2.26. The standard InChI is InChI=1S/C21H29NO4/c1-3-24-17-10-11-19-18(14-17)15(2)20(26-19)21(23)22-12-7-13-25-16-8-5-4-6-9-16/h10-11,14,16H,3-9,12-13H2,1-2H3,(H,22,23). The minimum Gasteiger partial charge on any atom is -0.494 e.